The fourth-order valence-electron chi connectivity index (χ4n) is 2.85. The molecule has 2 aliphatic rings. The summed E-state index contributed by atoms with van der Waals surface area (Å²) in [4.78, 5) is 8.25. The van der Waals surface area contributed by atoms with Crippen molar-refractivity contribution in [2.75, 3.05) is 26.7 Å². The smallest absolute Gasteiger partial charge is 0.191 e. The standard InChI is InChI=1S/C15H23ClN4S/c1-17-15(18-8-6-13-4-5-14(16)21-13)19-11-7-9-20(10-11)12-2-3-12/h4-5,11-12H,2-3,6-10H2,1H3,(H2,17,18,19). The number of nitrogens with zero attached hydrogens (tertiary/aromatic N) is 2. The summed E-state index contributed by atoms with van der Waals surface area (Å²) in [6.45, 7) is 3.27. The highest BCUT2D eigenvalue weighted by atomic mass is 35.5. The number of nitrogens with one attached hydrogen (secondary N) is 2. The SMILES string of the molecule is CN=C(NCCc1ccc(Cl)s1)NC1CCN(C2CC2)C1. The maximum atomic E-state index is 5.94. The molecule has 6 heteroatoms. The number of hydrogen-bond donors (Lipinski definition) is 2. The third-order valence-corrected chi connectivity index (χ3v) is 5.43. The number of thiophene rings is 1. The summed E-state index contributed by atoms with van der Waals surface area (Å²) in [6.07, 6.45) is 4.99. The van der Waals surface area contributed by atoms with Crippen molar-refractivity contribution < 1.29 is 0 Å². The first-order chi connectivity index (χ1) is 10.2. The summed E-state index contributed by atoms with van der Waals surface area (Å²) in [6, 6.07) is 5.46. The van der Waals surface area contributed by atoms with Gasteiger partial charge in [0.1, 0.15) is 0 Å². The third-order valence-electron chi connectivity index (χ3n) is 4.14. The van der Waals surface area contributed by atoms with Gasteiger partial charge in [0.25, 0.3) is 0 Å². The summed E-state index contributed by atoms with van der Waals surface area (Å²) < 4.78 is 0.860. The first kappa shape index (κ1) is 15.1. The average Bonchev–Trinajstić information content (AvgIpc) is 3.09. The zero-order valence-corrected chi connectivity index (χ0v) is 14.0. The first-order valence-corrected chi connectivity index (χ1v) is 8.89. The van der Waals surface area contributed by atoms with E-state index < -0.39 is 0 Å². The molecule has 2 fully saturated rings. The molecule has 1 aliphatic heterocycles. The van der Waals surface area contributed by atoms with Gasteiger partial charge in [-0.3, -0.25) is 9.89 Å². The Morgan fingerprint density at radius 3 is 2.95 bits per heavy atom. The van der Waals surface area contributed by atoms with Gasteiger partial charge < -0.3 is 10.6 Å². The molecular formula is C15H23ClN4S. The van der Waals surface area contributed by atoms with Crippen molar-refractivity contribution in [1.29, 1.82) is 0 Å². The van der Waals surface area contributed by atoms with Crippen LogP contribution in [0.5, 0.6) is 0 Å². The lowest BCUT2D eigenvalue weighted by Crippen LogP contribution is -2.45. The van der Waals surface area contributed by atoms with Gasteiger partial charge in [0.15, 0.2) is 5.96 Å². The van der Waals surface area contributed by atoms with Crippen molar-refractivity contribution >= 4 is 28.9 Å². The molecule has 1 aliphatic carbocycles. The fraction of sp³-hybridized carbons (Fsp3) is 0.667. The van der Waals surface area contributed by atoms with Crippen LogP contribution in [0.15, 0.2) is 17.1 Å². The Bertz CT molecular complexity index is 498. The van der Waals surface area contributed by atoms with Crippen molar-refractivity contribution in [3.8, 4) is 0 Å². The number of rotatable bonds is 5. The average molecular weight is 327 g/mol. The summed E-state index contributed by atoms with van der Waals surface area (Å²) in [5, 5.41) is 6.94. The van der Waals surface area contributed by atoms with E-state index in [-0.39, 0.29) is 0 Å². The molecule has 2 N–H and O–H groups in total. The molecule has 1 unspecified atom stereocenters. The summed E-state index contributed by atoms with van der Waals surface area (Å²) in [5.41, 5.74) is 0. The highest BCUT2D eigenvalue weighted by Crippen LogP contribution is 2.29. The van der Waals surface area contributed by atoms with E-state index in [1.54, 1.807) is 11.3 Å². The zero-order chi connectivity index (χ0) is 14.7. The summed E-state index contributed by atoms with van der Waals surface area (Å²) in [7, 11) is 1.84. The predicted octanol–water partition coefficient (Wildman–Crippen LogP) is 2.35. The Balaban J connectivity index is 1.39. The molecule has 4 nitrogen and oxygen atoms in total. The topological polar surface area (TPSA) is 39.7 Å². The molecule has 0 bridgehead atoms. The molecule has 116 valence electrons. The van der Waals surface area contributed by atoms with Crippen LogP contribution < -0.4 is 10.6 Å². The Morgan fingerprint density at radius 1 is 1.43 bits per heavy atom. The quantitative estimate of drug-likeness (QED) is 0.644. The van der Waals surface area contributed by atoms with E-state index in [0.29, 0.717) is 6.04 Å². The number of guanidine groups is 1. The van der Waals surface area contributed by atoms with Gasteiger partial charge in [0, 0.05) is 43.6 Å². The summed E-state index contributed by atoms with van der Waals surface area (Å²) >= 11 is 7.59. The van der Waals surface area contributed by atoms with E-state index in [0.717, 1.165) is 35.8 Å². The Kier molecular flexibility index (Phi) is 5.03. The molecule has 0 spiro atoms. The zero-order valence-electron chi connectivity index (χ0n) is 12.4. The molecule has 1 saturated carbocycles. The molecule has 1 atom stereocenters. The van der Waals surface area contributed by atoms with Crippen LogP contribution in [0.1, 0.15) is 24.1 Å². The fourth-order valence-corrected chi connectivity index (χ4v) is 3.94. The highest BCUT2D eigenvalue weighted by Gasteiger charge is 2.34. The monoisotopic (exact) mass is 326 g/mol. The maximum absolute atomic E-state index is 5.94. The van der Waals surface area contributed by atoms with Crippen molar-refractivity contribution in [2.45, 2.75) is 37.8 Å². The van der Waals surface area contributed by atoms with Gasteiger partial charge in [-0.15, -0.1) is 11.3 Å². The van der Waals surface area contributed by atoms with Crippen LogP contribution in [0.25, 0.3) is 0 Å². The van der Waals surface area contributed by atoms with E-state index in [4.69, 9.17) is 11.6 Å². The van der Waals surface area contributed by atoms with Crippen LogP contribution in [0.4, 0.5) is 0 Å². The number of halogens is 1. The lowest BCUT2D eigenvalue weighted by molar-refractivity contribution is 0.321. The molecule has 3 rings (SSSR count). The Hall–Kier alpha value is -0.780. The molecule has 0 radical (unpaired) electrons. The van der Waals surface area contributed by atoms with E-state index >= 15 is 0 Å². The second-order valence-corrected chi connectivity index (χ2v) is 7.61. The van der Waals surface area contributed by atoms with Crippen LogP contribution in [0.2, 0.25) is 4.34 Å². The van der Waals surface area contributed by atoms with Crippen LogP contribution in [-0.4, -0.2) is 49.6 Å². The van der Waals surface area contributed by atoms with Crippen molar-refractivity contribution in [3.63, 3.8) is 0 Å². The van der Waals surface area contributed by atoms with Gasteiger partial charge in [-0.2, -0.15) is 0 Å². The van der Waals surface area contributed by atoms with Crippen molar-refractivity contribution in [2.24, 2.45) is 4.99 Å². The van der Waals surface area contributed by atoms with Gasteiger partial charge in [0.2, 0.25) is 0 Å². The Morgan fingerprint density at radius 2 is 2.29 bits per heavy atom. The lowest BCUT2D eigenvalue weighted by Gasteiger charge is -2.18. The van der Waals surface area contributed by atoms with Crippen LogP contribution in [-0.2, 0) is 6.42 Å². The van der Waals surface area contributed by atoms with E-state index in [2.05, 4.69) is 26.6 Å². The minimum Gasteiger partial charge on any atom is -0.356 e. The van der Waals surface area contributed by atoms with Crippen LogP contribution in [0.3, 0.4) is 0 Å². The molecule has 1 aromatic rings. The largest absolute Gasteiger partial charge is 0.356 e. The second-order valence-electron chi connectivity index (χ2n) is 5.81. The molecule has 1 aromatic heterocycles. The van der Waals surface area contributed by atoms with Gasteiger partial charge in [-0.1, -0.05) is 11.6 Å². The maximum Gasteiger partial charge on any atom is 0.191 e. The summed E-state index contributed by atoms with van der Waals surface area (Å²) in [5.74, 6) is 0.917. The minimum absolute atomic E-state index is 0.535. The van der Waals surface area contributed by atoms with E-state index in [9.17, 15) is 0 Å². The molecular weight excluding hydrogens is 304 g/mol. The second kappa shape index (κ2) is 6.99. The van der Waals surface area contributed by atoms with Crippen molar-refractivity contribution in [3.05, 3.63) is 21.3 Å². The predicted molar refractivity (Wildman–Crippen MR) is 90.5 cm³/mol. The Labute approximate surface area is 135 Å². The van der Waals surface area contributed by atoms with Gasteiger partial charge in [-0.25, -0.2) is 0 Å². The van der Waals surface area contributed by atoms with Crippen LogP contribution in [0, 0.1) is 0 Å². The van der Waals surface area contributed by atoms with E-state index in [1.807, 2.05) is 13.1 Å². The van der Waals surface area contributed by atoms with Crippen molar-refractivity contribution in [1.82, 2.24) is 15.5 Å². The molecule has 1 saturated heterocycles. The first-order valence-electron chi connectivity index (χ1n) is 7.70. The van der Waals surface area contributed by atoms with Crippen LogP contribution >= 0.6 is 22.9 Å². The lowest BCUT2D eigenvalue weighted by atomic mass is 10.3. The van der Waals surface area contributed by atoms with Gasteiger partial charge in [-0.05, 0) is 37.8 Å². The highest BCUT2D eigenvalue weighted by molar-refractivity contribution is 7.16. The van der Waals surface area contributed by atoms with E-state index in [1.165, 1.54) is 30.7 Å². The normalized spacial score (nSPS) is 23.5. The number of likely N-dealkylation sites (tertiary alicyclic amines) is 1. The molecule has 21 heavy (non-hydrogen) atoms. The molecule has 2 heterocycles. The molecule has 0 amide bonds. The third kappa shape index (κ3) is 4.34. The minimum atomic E-state index is 0.535. The number of aliphatic imine (C=N–C) groups is 1. The van der Waals surface area contributed by atoms with Gasteiger partial charge >= 0.3 is 0 Å². The van der Waals surface area contributed by atoms with Gasteiger partial charge in [0.05, 0.1) is 4.34 Å². The number of hydrogen-bond acceptors (Lipinski definition) is 3. The molecule has 0 aromatic carbocycles.